The predicted molar refractivity (Wildman–Crippen MR) is 118 cm³/mol. The van der Waals surface area contributed by atoms with E-state index >= 15 is 0 Å². The summed E-state index contributed by atoms with van der Waals surface area (Å²) in [6.45, 7) is 0. The molecule has 0 aromatic carbocycles. The van der Waals surface area contributed by atoms with Crippen molar-refractivity contribution in [3.05, 3.63) is 48.3 Å². The molecule has 12 heteroatoms. The largest absolute Gasteiger partial charge is 0.317 e. The fourth-order valence-electron chi connectivity index (χ4n) is 3.17. The van der Waals surface area contributed by atoms with E-state index in [0.717, 1.165) is 23.4 Å². The van der Waals surface area contributed by atoms with Crippen molar-refractivity contribution in [2.45, 2.75) is 25.0 Å². The number of hydrogen-bond donors (Lipinski definition) is 2. The fraction of sp³-hybridized carbons (Fsp3) is 0.222. The summed E-state index contributed by atoms with van der Waals surface area (Å²) in [7, 11) is 0. The van der Waals surface area contributed by atoms with E-state index in [0.29, 0.717) is 22.8 Å². The number of amides is 1. The zero-order chi connectivity index (χ0) is 20.5. The van der Waals surface area contributed by atoms with Crippen molar-refractivity contribution in [3.63, 3.8) is 0 Å². The Kier molecular flexibility index (Phi) is 5.26. The van der Waals surface area contributed by atoms with Crippen LogP contribution in [0, 0.1) is 0 Å². The molecular weight excluding hydrogens is 519 g/mol. The first-order valence-corrected chi connectivity index (χ1v) is 10.9. The van der Waals surface area contributed by atoms with Crippen LogP contribution in [0.1, 0.15) is 29.4 Å². The van der Waals surface area contributed by atoms with Crippen LogP contribution in [-0.2, 0) is 3.07 Å². The fourth-order valence-corrected chi connectivity index (χ4v) is 4.37. The van der Waals surface area contributed by atoms with Crippen LogP contribution < -0.4 is 5.32 Å². The Morgan fingerprint density at radius 3 is 2.97 bits per heavy atom. The number of anilines is 1. The quantitative estimate of drug-likeness (QED) is 0.363. The molecule has 1 aliphatic carbocycles. The van der Waals surface area contributed by atoms with Gasteiger partial charge in [0.05, 0.1) is 30.2 Å². The maximum atomic E-state index is 12.9. The average molecular weight is 534 g/mol. The standard InChI is InChI=1S/C18H15IN8O2S/c19-29-12-3-11(4-12)27-8-14(16(26-27)13-7-20-1-2-21-13)24-17(28)15-9-30-18(25-15)10-5-22-23-6-10/h1-2,5-9,11-12H,3-4H2,(H,22,23)(H,24,28). The van der Waals surface area contributed by atoms with Gasteiger partial charge in [0.25, 0.3) is 5.91 Å². The molecule has 0 unspecified atom stereocenters. The summed E-state index contributed by atoms with van der Waals surface area (Å²) >= 11 is 3.31. The van der Waals surface area contributed by atoms with E-state index in [1.165, 1.54) is 11.3 Å². The second kappa shape index (κ2) is 8.20. The van der Waals surface area contributed by atoms with E-state index in [9.17, 15) is 4.79 Å². The summed E-state index contributed by atoms with van der Waals surface area (Å²) in [6.07, 6.45) is 12.0. The molecule has 0 spiro atoms. The van der Waals surface area contributed by atoms with Gasteiger partial charge in [0.15, 0.2) is 0 Å². The summed E-state index contributed by atoms with van der Waals surface area (Å²) < 4.78 is 7.20. The molecule has 30 heavy (non-hydrogen) atoms. The van der Waals surface area contributed by atoms with Crippen LogP contribution in [0.5, 0.6) is 0 Å². The van der Waals surface area contributed by atoms with Gasteiger partial charge < -0.3 is 8.38 Å². The minimum Gasteiger partial charge on any atom is -0.317 e. The Bertz CT molecular complexity index is 1150. The molecule has 1 saturated carbocycles. The minimum atomic E-state index is -0.312. The van der Waals surface area contributed by atoms with Crippen LogP contribution in [0.15, 0.2) is 42.6 Å². The second-order valence-corrected chi connectivity index (χ2v) is 8.14. The molecule has 0 bridgehead atoms. The summed E-state index contributed by atoms with van der Waals surface area (Å²) in [5.41, 5.74) is 2.89. The van der Waals surface area contributed by atoms with Gasteiger partial charge in [0.2, 0.25) is 0 Å². The van der Waals surface area contributed by atoms with Crippen molar-refractivity contribution < 1.29 is 7.86 Å². The normalized spacial score (nSPS) is 18.2. The third-order valence-corrected chi connectivity index (χ3v) is 6.45. The molecule has 10 nitrogen and oxygen atoms in total. The first kappa shape index (κ1) is 19.3. The van der Waals surface area contributed by atoms with Crippen molar-refractivity contribution in [1.29, 1.82) is 0 Å². The van der Waals surface area contributed by atoms with Gasteiger partial charge in [-0.1, -0.05) is 0 Å². The highest BCUT2D eigenvalue weighted by molar-refractivity contribution is 14.1. The molecule has 4 heterocycles. The monoisotopic (exact) mass is 534 g/mol. The molecule has 2 N–H and O–H groups in total. The lowest BCUT2D eigenvalue weighted by molar-refractivity contribution is 0.101. The second-order valence-electron chi connectivity index (χ2n) is 6.78. The first-order valence-electron chi connectivity index (χ1n) is 9.10. The number of nitrogens with zero attached hydrogens (tertiary/aromatic N) is 6. The lowest BCUT2D eigenvalue weighted by Gasteiger charge is -2.33. The van der Waals surface area contributed by atoms with Crippen molar-refractivity contribution in [2.75, 3.05) is 5.32 Å². The Morgan fingerprint density at radius 2 is 2.23 bits per heavy atom. The predicted octanol–water partition coefficient (Wildman–Crippen LogP) is 3.51. The Morgan fingerprint density at radius 1 is 1.33 bits per heavy atom. The van der Waals surface area contributed by atoms with E-state index in [1.807, 2.05) is 33.9 Å². The van der Waals surface area contributed by atoms with Crippen molar-refractivity contribution >= 4 is 45.9 Å². The summed E-state index contributed by atoms with van der Waals surface area (Å²) in [6, 6.07) is 0.220. The van der Waals surface area contributed by atoms with Gasteiger partial charge in [-0.15, -0.1) is 11.3 Å². The van der Waals surface area contributed by atoms with Crippen LogP contribution >= 0.6 is 34.3 Å². The topological polar surface area (TPSA) is 124 Å². The van der Waals surface area contributed by atoms with Crippen molar-refractivity contribution in [2.24, 2.45) is 0 Å². The molecule has 4 aromatic rings. The number of H-pyrrole nitrogens is 1. The molecule has 4 aromatic heterocycles. The number of carbonyl (C=O) groups excluding carboxylic acids is 1. The van der Waals surface area contributed by atoms with Crippen LogP contribution in [0.4, 0.5) is 5.69 Å². The van der Waals surface area contributed by atoms with Crippen LogP contribution in [0.2, 0.25) is 0 Å². The van der Waals surface area contributed by atoms with Gasteiger partial charge in [-0.05, 0) is 12.8 Å². The van der Waals surface area contributed by atoms with Crippen LogP contribution in [0.25, 0.3) is 22.0 Å². The van der Waals surface area contributed by atoms with Crippen molar-refractivity contribution in [1.82, 2.24) is 34.9 Å². The highest BCUT2D eigenvalue weighted by Gasteiger charge is 2.33. The zero-order valence-corrected chi connectivity index (χ0v) is 18.4. The van der Waals surface area contributed by atoms with E-state index in [2.05, 4.69) is 35.6 Å². The smallest absolute Gasteiger partial charge is 0.275 e. The number of halogens is 1. The molecule has 0 radical (unpaired) electrons. The number of hydrogen-bond acceptors (Lipinski definition) is 8. The van der Waals surface area contributed by atoms with Crippen LogP contribution in [-0.4, -0.2) is 46.9 Å². The Balaban J connectivity index is 1.41. The number of aromatic nitrogens is 7. The summed E-state index contributed by atoms with van der Waals surface area (Å²) in [5.74, 6) is -0.312. The third kappa shape index (κ3) is 3.73. The number of nitrogens with one attached hydrogen (secondary N) is 2. The zero-order valence-electron chi connectivity index (χ0n) is 15.4. The number of thiazole rings is 1. The molecule has 1 aliphatic rings. The van der Waals surface area contributed by atoms with E-state index in [-0.39, 0.29) is 18.1 Å². The Hall–Kier alpha value is -2.71. The molecule has 0 saturated heterocycles. The summed E-state index contributed by atoms with van der Waals surface area (Å²) in [5, 5.41) is 16.7. The van der Waals surface area contributed by atoms with E-state index in [4.69, 9.17) is 3.07 Å². The average Bonchev–Trinajstić information content (AvgIpc) is 3.48. The van der Waals surface area contributed by atoms with Gasteiger partial charge in [-0.2, -0.15) is 10.2 Å². The van der Waals surface area contributed by atoms with Gasteiger partial charge in [-0.3, -0.25) is 24.5 Å². The van der Waals surface area contributed by atoms with Gasteiger partial charge >= 0.3 is 0 Å². The molecular formula is C18H15IN8O2S. The number of aromatic amines is 1. The lowest BCUT2D eigenvalue weighted by Crippen LogP contribution is -2.31. The molecule has 5 rings (SSSR count). The lowest BCUT2D eigenvalue weighted by atomic mass is 9.90. The van der Waals surface area contributed by atoms with Crippen molar-refractivity contribution in [3.8, 4) is 22.0 Å². The number of carbonyl (C=O) groups is 1. The van der Waals surface area contributed by atoms with Gasteiger partial charge in [0.1, 0.15) is 45.1 Å². The SMILES string of the molecule is O=C(Nc1cn(C2CC(OI)C2)nc1-c1cnccn1)c1csc(-c2cn[nH]c2)n1. The molecule has 0 atom stereocenters. The molecule has 1 amide bonds. The van der Waals surface area contributed by atoms with Gasteiger partial charge in [-0.25, -0.2) is 4.98 Å². The molecule has 0 aliphatic heterocycles. The first-order chi connectivity index (χ1) is 14.7. The third-order valence-electron chi connectivity index (χ3n) is 4.84. The number of rotatable bonds is 6. The molecule has 152 valence electrons. The van der Waals surface area contributed by atoms with Gasteiger partial charge in [0, 0.05) is 35.7 Å². The minimum absolute atomic E-state index is 0.220. The summed E-state index contributed by atoms with van der Waals surface area (Å²) in [4.78, 5) is 25.7. The van der Waals surface area contributed by atoms with E-state index < -0.39 is 0 Å². The van der Waals surface area contributed by atoms with Crippen LogP contribution in [0.3, 0.4) is 0 Å². The van der Waals surface area contributed by atoms with E-state index in [1.54, 1.807) is 36.4 Å². The molecule has 1 fully saturated rings. The maximum Gasteiger partial charge on any atom is 0.275 e. The Labute approximate surface area is 188 Å². The maximum absolute atomic E-state index is 12.9. The highest BCUT2D eigenvalue weighted by atomic mass is 127. The highest BCUT2D eigenvalue weighted by Crippen LogP contribution is 2.37.